The third-order valence-electron chi connectivity index (χ3n) is 3.66. The Hall–Kier alpha value is -1.85. The smallest absolute Gasteiger partial charge is 0.415 e. The molecule has 116 valence electrons. The molecule has 0 saturated carbocycles. The van der Waals surface area contributed by atoms with Crippen molar-refractivity contribution >= 4 is 17.8 Å². The van der Waals surface area contributed by atoms with E-state index in [9.17, 15) is 14.4 Å². The van der Waals surface area contributed by atoms with Crippen LogP contribution in [0.25, 0.3) is 0 Å². The van der Waals surface area contributed by atoms with Gasteiger partial charge in [-0.25, -0.2) is 9.59 Å². The number of allylic oxidation sites excluding steroid dienone is 1. The van der Waals surface area contributed by atoms with Gasteiger partial charge < -0.3 is 9.47 Å². The average molecular weight is 295 g/mol. The van der Waals surface area contributed by atoms with Gasteiger partial charge in [0.05, 0.1) is 7.11 Å². The maximum Gasteiger partial charge on any atom is 0.415 e. The molecule has 0 saturated heterocycles. The van der Waals surface area contributed by atoms with Crippen molar-refractivity contribution in [1.29, 1.82) is 0 Å². The Kier molecular flexibility index (Phi) is 3.82. The predicted molar refractivity (Wildman–Crippen MR) is 74.3 cm³/mol. The highest BCUT2D eigenvalue weighted by Crippen LogP contribution is 2.41. The molecule has 0 aromatic heterocycles. The van der Waals surface area contributed by atoms with Gasteiger partial charge >= 0.3 is 12.1 Å². The summed E-state index contributed by atoms with van der Waals surface area (Å²) in [4.78, 5) is 37.7. The van der Waals surface area contributed by atoms with E-state index in [1.807, 2.05) is 6.92 Å². The Labute approximate surface area is 124 Å². The van der Waals surface area contributed by atoms with Crippen LogP contribution in [-0.2, 0) is 19.1 Å². The number of hydrogen-bond donors (Lipinski definition) is 0. The van der Waals surface area contributed by atoms with Crippen LogP contribution in [0.15, 0.2) is 11.3 Å². The number of likely N-dealkylation sites (tertiary alicyclic amines) is 1. The standard InChI is InChI=1S/C15H21NO5/c1-8-6-10-9(12(8)17)7-11(13(18)20-5)16(10)14(19)21-15(2,3)4/h8,11H,6-7H2,1-5H3/t8-,11-/m1/s1. The fraction of sp³-hybridized carbons (Fsp3) is 0.667. The van der Waals surface area contributed by atoms with Gasteiger partial charge in [-0.2, -0.15) is 0 Å². The van der Waals surface area contributed by atoms with Crippen molar-refractivity contribution < 1.29 is 23.9 Å². The lowest BCUT2D eigenvalue weighted by Gasteiger charge is -2.29. The van der Waals surface area contributed by atoms with Crippen LogP contribution in [0.1, 0.15) is 40.5 Å². The first kappa shape index (κ1) is 15.5. The summed E-state index contributed by atoms with van der Waals surface area (Å²) in [7, 11) is 1.27. The molecular weight excluding hydrogens is 274 g/mol. The monoisotopic (exact) mass is 295 g/mol. The molecule has 0 bridgehead atoms. The Morgan fingerprint density at radius 1 is 1.24 bits per heavy atom. The highest BCUT2D eigenvalue weighted by Gasteiger charge is 2.48. The molecule has 0 N–H and O–H groups in total. The third-order valence-corrected chi connectivity index (χ3v) is 3.66. The van der Waals surface area contributed by atoms with E-state index in [1.165, 1.54) is 12.0 Å². The number of methoxy groups -OCH3 is 1. The number of carbonyl (C=O) groups excluding carboxylic acids is 3. The van der Waals surface area contributed by atoms with Gasteiger partial charge in [-0.05, 0) is 27.2 Å². The summed E-state index contributed by atoms with van der Waals surface area (Å²) >= 11 is 0. The summed E-state index contributed by atoms with van der Waals surface area (Å²) in [5.41, 5.74) is 0.496. The minimum atomic E-state index is -0.800. The highest BCUT2D eigenvalue weighted by atomic mass is 16.6. The van der Waals surface area contributed by atoms with Crippen LogP contribution in [0.4, 0.5) is 4.79 Å². The number of rotatable bonds is 1. The normalized spacial score (nSPS) is 25.2. The number of nitrogens with zero attached hydrogens (tertiary/aromatic N) is 1. The Bertz CT molecular complexity index is 529. The topological polar surface area (TPSA) is 72.9 Å². The lowest BCUT2D eigenvalue weighted by atomic mass is 10.0. The fourth-order valence-electron chi connectivity index (χ4n) is 2.75. The first-order valence-electron chi connectivity index (χ1n) is 7.02. The van der Waals surface area contributed by atoms with Crippen molar-refractivity contribution in [3.8, 4) is 0 Å². The molecule has 21 heavy (non-hydrogen) atoms. The first-order valence-corrected chi connectivity index (χ1v) is 7.02. The van der Waals surface area contributed by atoms with E-state index in [0.29, 0.717) is 17.7 Å². The van der Waals surface area contributed by atoms with Crippen LogP contribution < -0.4 is 0 Å². The van der Waals surface area contributed by atoms with E-state index in [2.05, 4.69) is 0 Å². The number of carbonyl (C=O) groups is 3. The number of esters is 1. The van der Waals surface area contributed by atoms with Gasteiger partial charge in [-0.3, -0.25) is 9.69 Å². The molecule has 2 atom stereocenters. The van der Waals surface area contributed by atoms with E-state index in [-0.39, 0.29) is 18.1 Å². The van der Waals surface area contributed by atoms with Crippen molar-refractivity contribution in [3.05, 3.63) is 11.3 Å². The van der Waals surface area contributed by atoms with Crippen molar-refractivity contribution in [3.63, 3.8) is 0 Å². The number of amides is 1. The maximum absolute atomic E-state index is 12.4. The molecule has 1 aliphatic carbocycles. The molecule has 0 fully saturated rings. The Morgan fingerprint density at radius 2 is 1.86 bits per heavy atom. The summed E-state index contributed by atoms with van der Waals surface area (Å²) < 4.78 is 10.1. The van der Waals surface area contributed by atoms with E-state index in [0.717, 1.165) is 0 Å². The lowest BCUT2D eigenvalue weighted by molar-refractivity contribution is -0.145. The molecule has 0 unspecified atom stereocenters. The van der Waals surface area contributed by atoms with Gasteiger partial charge in [0.25, 0.3) is 0 Å². The largest absolute Gasteiger partial charge is 0.467 e. The molecule has 1 amide bonds. The molecule has 2 aliphatic rings. The van der Waals surface area contributed by atoms with Crippen LogP contribution >= 0.6 is 0 Å². The number of ketones is 1. The summed E-state index contributed by atoms with van der Waals surface area (Å²) in [6.07, 6.45) is 0.0653. The average Bonchev–Trinajstić information content (AvgIpc) is 2.85. The summed E-state index contributed by atoms with van der Waals surface area (Å²) in [6.45, 7) is 7.09. The van der Waals surface area contributed by atoms with Crippen molar-refractivity contribution in [2.24, 2.45) is 5.92 Å². The van der Waals surface area contributed by atoms with Gasteiger partial charge in [-0.15, -0.1) is 0 Å². The van der Waals surface area contributed by atoms with Crippen LogP contribution in [0.3, 0.4) is 0 Å². The molecule has 0 radical (unpaired) electrons. The van der Waals surface area contributed by atoms with E-state index >= 15 is 0 Å². The predicted octanol–water partition coefficient (Wildman–Crippen LogP) is 2.03. The summed E-state index contributed by atoms with van der Waals surface area (Å²) in [5, 5.41) is 0. The van der Waals surface area contributed by atoms with Crippen molar-refractivity contribution in [1.82, 2.24) is 4.90 Å². The summed E-state index contributed by atoms with van der Waals surface area (Å²) in [5.74, 6) is -0.681. The minimum absolute atomic E-state index is 0.00459. The van der Waals surface area contributed by atoms with Gasteiger partial charge in [0.1, 0.15) is 11.6 Å². The molecule has 0 aromatic rings. The van der Waals surface area contributed by atoms with Gasteiger partial charge in [0, 0.05) is 23.6 Å². The molecular formula is C15H21NO5. The second-order valence-electron chi connectivity index (χ2n) is 6.49. The minimum Gasteiger partial charge on any atom is -0.467 e. The van der Waals surface area contributed by atoms with Crippen LogP contribution in [0.2, 0.25) is 0 Å². The molecule has 0 aromatic carbocycles. The molecule has 6 heteroatoms. The van der Waals surface area contributed by atoms with E-state index in [4.69, 9.17) is 9.47 Å². The Morgan fingerprint density at radius 3 is 2.38 bits per heavy atom. The molecule has 2 rings (SSSR count). The van der Waals surface area contributed by atoms with Crippen molar-refractivity contribution in [2.45, 2.75) is 52.2 Å². The summed E-state index contributed by atoms with van der Waals surface area (Å²) in [6, 6.07) is -0.800. The zero-order chi connectivity index (χ0) is 15.9. The third kappa shape index (κ3) is 2.80. The zero-order valence-electron chi connectivity index (χ0n) is 13.1. The molecule has 6 nitrogen and oxygen atoms in total. The molecule has 1 aliphatic heterocycles. The van der Waals surface area contributed by atoms with Crippen LogP contribution in [0.5, 0.6) is 0 Å². The molecule has 1 heterocycles. The maximum atomic E-state index is 12.4. The van der Waals surface area contributed by atoms with E-state index < -0.39 is 23.7 Å². The number of ether oxygens (including phenoxy) is 2. The number of hydrogen-bond acceptors (Lipinski definition) is 5. The van der Waals surface area contributed by atoms with Crippen LogP contribution in [0, 0.1) is 5.92 Å². The SMILES string of the molecule is COC(=O)[C@H]1CC2=C(C[C@@H](C)C2=O)N1C(=O)OC(C)(C)C. The van der Waals surface area contributed by atoms with Crippen LogP contribution in [-0.4, -0.2) is 41.5 Å². The lowest BCUT2D eigenvalue weighted by Crippen LogP contribution is -2.44. The quantitative estimate of drug-likeness (QED) is 0.692. The zero-order valence-corrected chi connectivity index (χ0v) is 13.1. The first-order chi connectivity index (χ1) is 9.65. The second kappa shape index (κ2) is 5.16. The number of Topliss-reactive ketones (excluding diaryl/α,β-unsaturated/α-hetero) is 1. The van der Waals surface area contributed by atoms with Crippen molar-refractivity contribution in [2.75, 3.05) is 7.11 Å². The fourth-order valence-corrected chi connectivity index (χ4v) is 2.75. The molecule has 0 spiro atoms. The Balaban J connectivity index is 2.31. The van der Waals surface area contributed by atoms with Gasteiger partial charge in [-0.1, -0.05) is 6.92 Å². The highest BCUT2D eigenvalue weighted by molar-refractivity contribution is 6.03. The van der Waals surface area contributed by atoms with Gasteiger partial charge in [0.15, 0.2) is 5.78 Å². The second-order valence-corrected chi connectivity index (χ2v) is 6.49. The van der Waals surface area contributed by atoms with E-state index in [1.54, 1.807) is 20.8 Å². The van der Waals surface area contributed by atoms with Gasteiger partial charge in [0.2, 0.25) is 0 Å².